The molecule has 0 aliphatic rings. The molecule has 0 bridgehead atoms. The van der Waals surface area contributed by atoms with Crippen molar-refractivity contribution in [3.8, 4) is 23.3 Å². The second-order valence-corrected chi connectivity index (χ2v) is 9.29. The number of rotatable bonds is 7. The minimum absolute atomic E-state index is 0.0303. The van der Waals surface area contributed by atoms with Gasteiger partial charge in [0, 0.05) is 11.8 Å². The van der Waals surface area contributed by atoms with Gasteiger partial charge in [-0.25, -0.2) is 9.97 Å². The minimum atomic E-state index is -0.537. The Morgan fingerprint density at radius 2 is 1.82 bits per heavy atom. The molecule has 3 aromatic rings. The first kappa shape index (κ1) is 24.8. The molecule has 2 aromatic heterocycles. The molecule has 0 aliphatic heterocycles. The Labute approximate surface area is 204 Å². The number of aromatic nitrogens is 2. The number of amides is 1. The van der Waals surface area contributed by atoms with Gasteiger partial charge in [-0.2, -0.15) is 10.5 Å². The predicted octanol–water partition coefficient (Wildman–Crippen LogP) is 5.41. The van der Waals surface area contributed by atoms with E-state index in [1.54, 1.807) is 12.3 Å². The zero-order valence-electron chi connectivity index (χ0n) is 19.6. The molecule has 1 atom stereocenters. The number of benzene rings is 1. The van der Waals surface area contributed by atoms with Crippen LogP contribution in [-0.2, 0) is 4.79 Å². The number of nitrogens with two attached hydrogens (primary N) is 1. The number of nitriles is 2. The van der Waals surface area contributed by atoms with Crippen molar-refractivity contribution in [3.05, 3.63) is 64.8 Å². The number of carbonyl (C=O) groups is 1. The highest BCUT2D eigenvalue weighted by molar-refractivity contribution is 8.00. The molecule has 2 heterocycles. The van der Waals surface area contributed by atoms with E-state index in [-0.39, 0.29) is 22.9 Å². The van der Waals surface area contributed by atoms with Crippen LogP contribution in [0.1, 0.15) is 55.4 Å². The fourth-order valence-electron chi connectivity index (χ4n) is 3.48. The highest BCUT2D eigenvalue weighted by Crippen LogP contribution is 2.38. The molecule has 3 rings (SSSR count). The van der Waals surface area contributed by atoms with Gasteiger partial charge in [0.2, 0.25) is 5.91 Å². The number of nitrogens with one attached hydrogen (secondary N) is 1. The molecule has 0 aliphatic carbocycles. The molecule has 34 heavy (non-hydrogen) atoms. The van der Waals surface area contributed by atoms with Crippen LogP contribution in [-0.4, -0.2) is 21.1 Å². The first-order valence-electron chi connectivity index (χ1n) is 10.9. The summed E-state index contributed by atoms with van der Waals surface area (Å²) in [6.07, 6.45) is 2.11. The van der Waals surface area contributed by atoms with Crippen molar-refractivity contribution >= 4 is 29.3 Å². The third-order valence-electron chi connectivity index (χ3n) is 5.45. The molecule has 1 unspecified atom stereocenters. The standard InChI is InChI=1S/C26H26N6OS/c1-5-21(25(33)32-24-16(4)7-6-12-30-24)34-26-20(14-28)22(19(13-27)23(29)31-26)18-10-8-17(9-11-18)15(2)3/h6-12,15,21H,5H2,1-4H3,(H2,29,31)(H,30,32,33). The van der Waals surface area contributed by atoms with E-state index in [4.69, 9.17) is 5.73 Å². The Kier molecular flexibility index (Phi) is 7.88. The maximum Gasteiger partial charge on any atom is 0.239 e. The van der Waals surface area contributed by atoms with Crippen LogP contribution in [0.5, 0.6) is 0 Å². The van der Waals surface area contributed by atoms with Gasteiger partial charge in [-0.3, -0.25) is 4.79 Å². The number of pyridine rings is 2. The van der Waals surface area contributed by atoms with Crippen molar-refractivity contribution in [2.24, 2.45) is 0 Å². The summed E-state index contributed by atoms with van der Waals surface area (Å²) in [5, 5.41) is 22.4. The molecule has 7 nitrogen and oxygen atoms in total. The van der Waals surface area contributed by atoms with E-state index in [0.29, 0.717) is 34.3 Å². The monoisotopic (exact) mass is 470 g/mol. The number of hydrogen-bond donors (Lipinski definition) is 2. The van der Waals surface area contributed by atoms with Crippen LogP contribution in [0.4, 0.5) is 11.6 Å². The van der Waals surface area contributed by atoms with Gasteiger partial charge in [0.15, 0.2) is 0 Å². The Bertz CT molecular complexity index is 1290. The lowest BCUT2D eigenvalue weighted by Gasteiger charge is -2.18. The largest absolute Gasteiger partial charge is 0.383 e. The van der Waals surface area contributed by atoms with E-state index in [1.807, 2.05) is 44.2 Å². The summed E-state index contributed by atoms with van der Waals surface area (Å²) < 4.78 is 0. The van der Waals surface area contributed by atoms with Crippen molar-refractivity contribution in [3.63, 3.8) is 0 Å². The van der Waals surface area contributed by atoms with Crippen LogP contribution < -0.4 is 11.1 Å². The van der Waals surface area contributed by atoms with Crippen LogP contribution in [0.2, 0.25) is 0 Å². The molecule has 0 saturated heterocycles. The molecule has 172 valence electrons. The fraction of sp³-hybridized carbons (Fsp3) is 0.269. The van der Waals surface area contributed by atoms with Gasteiger partial charge in [-0.05, 0) is 42.0 Å². The number of thioether (sulfide) groups is 1. The van der Waals surface area contributed by atoms with Crippen molar-refractivity contribution in [1.29, 1.82) is 10.5 Å². The molecular formula is C26H26N6OS. The number of carbonyl (C=O) groups excluding carboxylic acids is 1. The van der Waals surface area contributed by atoms with Crippen molar-refractivity contribution in [2.75, 3.05) is 11.1 Å². The molecule has 0 fully saturated rings. The first-order chi connectivity index (χ1) is 16.3. The van der Waals surface area contributed by atoms with Gasteiger partial charge in [0.05, 0.1) is 10.8 Å². The van der Waals surface area contributed by atoms with Crippen molar-refractivity contribution in [1.82, 2.24) is 9.97 Å². The Morgan fingerprint density at radius 3 is 2.38 bits per heavy atom. The summed E-state index contributed by atoms with van der Waals surface area (Å²) in [5.74, 6) is 0.624. The number of nitrogen functional groups attached to an aromatic ring is 1. The average molecular weight is 471 g/mol. The molecule has 8 heteroatoms. The Hall–Kier alpha value is -3.88. The summed E-state index contributed by atoms with van der Waals surface area (Å²) in [7, 11) is 0. The maximum absolute atomic E-state index is 13.0. The van der Waals surface area contributed by atoms with Gasteiger partial charge in [-0.15, -0.1) is 0 Å². The highest BCUT2D eigenvalue weighted by atomic mass is 32.2. The topological polar surface area (TPSA) is 128 Å². The number of aryl methyl sites for hydroxylation is 1. The molecular weight excluding hydrogens is 444 g/mol. The lowest BCUT2D eigenvalue weighted by molar-refractivity contribution is -0.115. The lowest BCUT2D eigenvalue weighted by Crippen LogP contribution is -2.25. The highest BCUT2D eigenvalue weighted by Gasteiger charge is 2.26. The third kappa shape index (κ3) is 5.19. The van der Waals surface area contributed by atoms with E-state index in [1.165, 1.54) is 0 Å². The zero-order valence-corrected chi connectivity index (χ0v) is 20.4. The van der Waals surface area contributed by atoms with Crippen LogP contribution in [0.3, 0.4) is 0 Å². The van der Waals surface area contributed by atoms with E-state index >= 15 is 0 Å². The van der Waals surface area contributed by atoms with Gasteiger partial charge >= 0.3 is 0 Å². The number of nitrogens with zero attached hydrogens (tertiary/aromatic N) is 4. The molecule has 3 N–H and O–H groups in total. The molecule has 0 spiro atoms. The Morgan fingerprint density at radius 1 is 1.15 bits per heavy atom. The smallest absolute Gasteiger partial charge is 0.239 e. The van der Waals surface area contributed by atoms with E-state index < -0.39 is 5.25 Å². The molecule has 1 amide bonds. The van der Waals surface area contributed by atoms with Crippen LogP contribution in [0.15, 0.2) is 47.6 Å². The van der Waals surface area contributed by atoms with Gasteiger partial charge in [-0.1, -0.05) is 62.9 Å². The van der Waals surface area contributed by atoms with Gasteiger partial charge in [0.1, 0.15) is 34.4 Å². The van der Waals surface area contributed by atoms with Crippen LogP contribution in [0, 0.1) is 29.6 Å². The molecule has 1 aromatic carbocycles. The van der Waals surface area contributed by atoms with Crippen LogP contribution in [0.25, 0.3) is 11.1 Å². The third-order valence-corrected chi connectivity index (χ3v) is 6.80. The van der Waals surface area contributed by atoms with E-state index in [0.717, 1.165) is 22.9 Å². The van der Waals surface area contributed by atoms with E-state index in [9.17, 15) is 15.3 Å². The predicted molar refractivity (Wildman–Crippen MR) is 135 cm³/mol. The zero-order chi connectivity index (χ0) is 24.8. The Balaban J connectivity index is 2.03. The van der Waals surface area contributed by atoms with Crippen molar-refractivity contribution < 1.29 is 4.79 Å². The molecule has 0 saturated carbocycles. The second kappa shape index (κ2) is 10.8. The fourth-order valence-corrected chi connectivity index (χ4v) is 4.50. The summed E-state index contributed by atoms with van der Waals surface area (Å²) in [6, 6.07) is 15.7. The van der Waals surface area contributed by atoms with Gasteiger partial charge in [0.25, 0.3) is 0 Å². The summed E-state index contributed by atoms with van der Waals surface area (Å²) >= 11 is 1.16. The number of hydrogen-bond acceptors (Lipinski definition) is 7. The van der Waals surface area contributed by atoms with Crippen LogP contribution >= 0.6 is 11.8 Å². The summed E-state index contributed by atoms with van der Waals surface area (Å²) in [5.41, 5.74) is 9.66. The summed E-state index contributed by atoms with van der Waals surface area (Å²) in [6.45, 7) is 7.94. The van der Waals surface area contributed by atoms with E-state index in [2.05, 4.69) is 41.3 Å². The van der Waals surface area contributed by atoms with Gasteiger partial charge < -0.3 is 11.1 Å². The second-order valence-electron chi connectivity index (χ2n) is 8.10. The first-order valence-corrected chi connectivity index (χ1v) is 11.8. The quantitative estimate of drug-likeness (QED) is 0.442. The average Bonchev–Trinajstić information content (AvgIpc) is 2.83. The normalized spacial score (nSPS) is 11.5. The van der Waals surface area contributed by atoms with Crippen molar-refractivity contribution in [2.45, 2.75) is 50.3 Å². The minimum Gasteiger partial charge on any atom is -0.383 e. The maximum atomic E-state index is 13.0. The lowest BCUT2D eigenvalue weighted by atomic mass is 9.94. The SMILES string of the molecule is CCC(Sc1nc(N)c(C#N)c(-c2ccc(C(C)C)cc2)c1C#N)C(=O)Nc1ncccc1C. The number of anilines is 2. The molecule has 0 radical (unpaired) electrons. The summed E-state index contributed by atoms with van der Waals surface area (Å²) in [4.78, 5) is 21.6.